The maximum Gasteiger partial charge on any atom is 0.257 e. The normalized spacial score (nSPS) is 19.5. The molecule has 0 fully saturated rings. The molecule has 5 nitrogen and oxygen atoms in total. The Hall–Kier alpha value is -2.56. The number of benzene rings is 1. The minimum Gasteiger partial charge on any atom is -0.322 e. The number of hydrogen-bond acceptors (Lipinski definition) is 4. The highest BCUT2D eigenvalue weighted by molar-refractivity contribution is 7.45. The maximum atomic E-state index is 12.8. The lowest BCUT2D eigenvalue weighted by Crippen LogP contribution is -2.30. The Morgan fingerprint density at radius 1 is 1.26 bits per heavy atom. The molecule has 183 valence electrons. The molecule has 35 heavy (non-hydrogen) atoms. The van der Waals surface area contributed by atoms with E-state index < -0.39 is 0 Å². The molecule has 1 aliphatic heterocycles. The zero-order chi connectivity index (χ0) is 25.4. The number of amides is 1. The average molecular weight is 487 g/mol. The minimum atomic E-state index is -0.152. The molecule has 3 atom stereocenters. The zero-order valence-electron chi connectivity index (χ0n) is 21.7. The van der Waals surface area contributed by atoms with Crippen LogP contribution < -0.4 is 16.2 Å². The number of aromatic nitrogens is 1. The van der Waals surface area contributed by atoms with Gasteiger partial charge in [0.05, 0.1) is 17.0 Å². The summed E-state index contributed by atoms with van der Waals surface area (Å²) in [7, 11) is 2.70. The van der Waals surface area contributed by atoms with Gasteiger partial charge in [-0.3, -0.25) is 20.1 Å². The van der Waals surface area contributed by atoms with E-state index >= 15 is 0 Å². The smallest absolute Gasteiger partial charge is 0.257 e. The summed E-state index contributed by atoms with van der Waals surface area (Å²) in [5.74, 6) is 0.672. The molecule has 0 saturated carbocycles. The fourth-order valence-electron chi connectivity index (χ4n) is 3.91. The van der Waals surface area contributed by atoms with E-state index in [9.17, 15) is 4.79 Å². The van der Waals surface area contributed by atoms with Gasteiger partial charge in [-0.25, -0.2) is 0 Å². The topological polar surface area (TPSA) is 66.4 Å². The van der Waals surface area contributed by atoms with E-state index in [1.165, 1.54) is 5.31 Å². The summed E-state index contributed by atoms with van der Waals surface area (Å²) in [5, 5.41) is 8.06. The van der Waals surface area contributed by atoms with Crippen molar-refractivity contribution in [2.45, 2.75) is 66.1 Å². The highest BCUT2D eigenvalue weighted by Gasteiger charge is 2.19. The Bertz CT molecular complexity index is 1130. The van der Waals surface area contributed by atoms with Crippen molar-refractivity contribution >= 4 is 39.3 Å². The van der Waals surface area contributed by atoms with E-state index in [0.29, 0.717) is 20.1 Å². The first kappa shape index (κ1) is 27.0. The maximum absolute atomic E-state index is 12.8. The van der Waals surface area contributed by atoms with Crippen molar-refractivity contribution in [3.63, 3.8) is 0 Å². The fraction of sp³-hybridized carbons (Fsp3) is 0.393. The molecule has 1 aliphatic rings. The summed E-state index contributed by atoms with van der Waals surface area (Å²) >= 11 is 0. The molecule has 1 aromatic heterocycles. The van der Waals surface area contributed by atoms with Gasteiger partial charge in [-0.1, -0.05) is 60.0 Å². The number of rotatable bonds is 9. The number of carbonyl (C=O) groups excluding carboxylic acids is 1. The van der Waals surface area contributed by atoms with Crippen LogP contribution in [0.3, 0.4) is 0 Å². The predicted molar refractivity (Wildman–Crippen MR) is 153 cm³/mol. The highest BCUT2D eigenvalue weighted by atomic mass is 31.1. The van der Waals surface area contributed by atoms with Crippen LogP contribution >= 0.6 is 8.58 Å². The van der Waals surface area contributed by atoms with Gasteiger partial charge in [-0.2, -0.15) is 0 Å². The number of nitrogens with zero attached hydrogens (tertiary/aromatic N) is 2. The molecule has 0 aliphatic carbocycles. The van der Waals surface area contributed by atoms with Crippen LogP contribution in [0, 0.1) is 12.8 Å². The summed E-state index contributed by atoms with van der Waals surface area (Å²) in [6.45, 7) is 12.7. The molecule has 0 spiro atoms. The second-order valence-electron chi connectivity index (χ2n) is 9.33. The first-order valence-corrected chi connectivity index (χ1v) is 13.5. The number of aryl methyl sites for hydroxylation is 1. The Balaban J connectivity index is 1.67. The largest absolute Gasteiger partial charge is 0.322 e. The standard InChI is InChI=1S/C28H37BN4OP/c1-7-24-25(13-12-18(3)4)35-26(17-30-24)32-20(6)21-10-9-11-23(15-21)33-28(34)22-14-19(5)27(29-8-2)31-16-22/h7,9-11,13-18,20,26,32,35H,8,12H2,1-6H3,(H,33,34)/b24-7+,25-13-. The minimum absolute atomic E-state index is 0.113. The SMILES string of the molecule is C/C=C1/N=CC(NC(C)c2cccc(NC(=O)c3cnc([B]CC)c(C)c3)c2)P/C1=C\CC(C)C. The van der Waals surface area contributed by atoms with Crippen molar-refractivity contribution in [3.05, 3.63) is 76.4 Å². The van der Waals surface area contributed by atoms with Gasteiger partial charge >= 0.3 is 0 Å². The lowest BCUT2D eigenvalue weighted by molar-refractivity contribution is 0.102. The Morgan fingerprint density at radius 2 is 2.06 bits per heavy atom. The first-order valence-electron chi connectivity index (χ1n) is 12.5. The number of hydrogen-bond donors (Lipinski definition) is 2. The lowest BCUT2D eigenvalue weighted by Gasteiger charge is -2.26. The van der Waals surface area contributed by atoms with E-state index in [1.54, 1.807) is 6.20 Å². The van der Waals surface area contributed by atoms with Gasteiger partial charge < -0.3 is 5.32 Å². The van der Waals surface area contributed by atoms with Crippen LogP contribution in [0.2, 0.25) is 6.32 Å². The van der Waals surface area contributed by atoms with Crippen molar-refractivity contribution in [3.8, 4) is 0 Å². The number of anilines is 1. The third kappa shape index (κ3) is 7.72. The molecule has 0 saturated heterocycles. The molecule has 1 radical (unpaired) electrons. The van der Waals surface area contributed by atoms with Crippen molar-refractivity contribution in [2.75, 3.05) is 5.32 Å². The van der Waals surface area contributed by atoms with E-state index in [-0.39, 0.29) is 17.7 Å². The third-order valence-electron chi connectivity index (χ3n) is 5.87. The summed E-state index contributed by atoms with van der Waals surface area (Å²) in [4.78, 5) is 22.0. The number of aliphatic imine (C=N–C) groups is 1. The molecule has 3 unspecified atom stereocenters. The number of allylic oxidation sites excluding steroid dienone is 3. The van der Waals surface area contributed by atoms with E-state index in [4.69, 9.17) is 4.99 Å². The van der Waals surface area contributed by atoms with Crippen LogP contribution in [-0.2, 0) is 0 Å². The highest BCUT2D eigenvalue weighted by Crippen LogP contribution is 2.39. The van der Waals surface area contributed by atoms with Gasteiger partial charge in [0.25, 0.3) is 5.91 Å². The van der Waals surface area contributed by atoms with Gasteiger partial charge in [0, 0.05) is 24.1 Å². The Labute approximate surface area is 213 Å². The molecule has 1 aromatic carbocycles. The summed E-state index contributed by atoms with van der Waals surface area (Å²) < 4.78 is 0. The summed E-state index contributed by atoms with van der Waals surface area (Å²) in [5.41, 5.74) is 5.48. The van der Waals surface area contributed by atoms with Crippen molar-refractivity contribution in [1.82, 2.24) is 10.3 Å². The molecule has 1 amide bonds. The van der Waals surface area contributed by atoms with Gasteiger partial charge in [0.2, 0.25) is 0 Å². The van der Waals surface area contributed by atoms with Crippen molar-refractivity contribution < 1.29 is 4.79 Å². The molecule has 0 bridgehead atoms. The third-order valence-corrected chi connectivity index (χ3v) is 7.27. The Kier molecular flexibility index (Phi) is 10.0. The average Bonchev–Trinajstić information content (AvgIpc) is 2.84. The van der Waals surface area contributed by atoms with Crippen LogP contribution in [0.5, 0.6) is 0 Å². The van der Waals surface area contributed by atoms with Gasteiger partial charge in [-0.05, 0) is 73.3 Å². The van der Waals surface area contributed by atoms with Crippen LogP contribution in [0.25, 0.3) is 0 Å². The lowest BCUT2D eigenvalue weighted by atomic mass is 9.69. The van der Waals surface area contributed by atoms with E-state index in [2.05, 4.69) is 68.8 Å². The number of nitrogens with one attached hydrogen (secondary N) is 2. The monoisotopic (exact) mass is 487 g/mol. The second-order valence-corrected chi connectivity index (χ2v) is 10.8. The molecule has 3 rings (SSSR count). The van der Waals surface area contributed by atoms with Crippen molar-refractivity contribution in [1.29, 1.82) is 0 Å². The number of pyridine rings is 1. The first-order chi connectivity index (χ1) is 16.8. The van der Waals surface area contributed by atoms with Gasteiger partial charge in [-0.15, -0.1) is 0 Å². The van der Waals surface area contributed by atoms with E-state index in [1.807, 2.05) is 44.3 Å². The summed E-state index contributed by atoms with van der Waals surface area (Å²) in [6, 6.07) is 10.0. The zero-order valence-corrected chi connectivity index (χ0v) is 22.7. The van der Waals surface area contributed by atoms with Crippen LogP contribution in [0.1, 0.15) is 68.6 Å². The molecule has 2 N–H and O–H groups in total. The Morgan fingerprint density at radius 3 is 2.74 bits per heavy atom. The predicted octanol–water partition coefficient (Wildman–Crippen LogP) is 5.98. The molecule has 2 aromatic rings. The van der Waals surface area contributed by atoms with Gasteiger partial charge in [0.15, 0.2) is 7.28 Å². The molecular formula is C28H37BN4OP. The fourth-order valence-corrected chi connectivity index (χ4v) is 5.32. The van der Waals surface area contributed by atoms with E-state index in [0.717, 1.165) is 40.8 Å². The number of carbonyl (C=O) groups is 1. The van der Waals surface area contributed by atoms with Crippen LogP contribution in [0.4, 0.5) is 5.69 Å². The van der Waals surface area contributed by atoms with Crippen LogP contribution in [0.15, 0.2) is 64.7 Å². The quantitative estimate of drug-likeness (QED) is 0.338. The summed E-state index contributed by atoms with van der Waals surface area (Å²) in [6.07, 6.45) is 10.1. The molecular weight excluding hydrogens is 450 g/mol. The molecule has 7 heteroatoms. The van der Waals surface area contributed by atoms with Crippen molar-refractivity contribution in [2.24, 2.45) is 10.9 Å². The molecule has 2 heterocycles. The second kappa shape index (κ2) is 12.9. The van der Waals surface area contributed by atoms with Gasteiger partial charge in [0.1, 0.15) is 0 Å². The van der Waals surface area contributed by atoms with Crippen LogP contribution in [-0.4, -0.2) is 30.2 Å².